The number of nitrogens with zero attached hydrogens (tertiary/aromatic N) is 1. The highest BCUT2D eigenvalue weighted by Crippen LogP contribution is 2.22. The second kappa shape index (κ2) is 2.84. The molecule has 1 nitrogen and oxygen atoms in total. The van der Waals surface area contributed by atoms with E-state index in [-0.39, 0.29) is 0 Å². The van der Waals surface area contributed by atoms with Gasteiger partial charge >= 0.3 is 0 Å². The molecule has 2 rings (SSSR count). The number of rotatable bonds is 0. The summed E-state index contributed by atoms with van der Waals surface area (Å²) >= 11 is 9.10. The van der Waals surface area contributed by atoms with Crippen molar-refractivity contribution in [3.8, 4) is 0 Å². The molecule has 2 aromatic heterocycles. The van der Waals surface area contributed by atoms with Crippen LogP contribution in [0.5, 0.6) is 0 Å². The van der Waals surface area contributed by atoms with Crippen LogP contribution in [0.15, 0.2) is 23.7 Å². The Labute approximate surface area is 87.2 Å². The van der Waals surface area contributed by atoms with Gasteiger partial charge in [0.1, 0.15) is 4.64 Å². The monoisotopic (exact) mass is 293 g/mol. The molecule has 2 aromatic rings. The zero-order valence-electron chi connectivity index (χ0n) is 5.45. The molecular formula is C7H4INS2. The third kappa shape index (κ3) is 1.23. The molecule has 0 aliphatic heterocycles. The Hall–Kier alpha value is 0.0600. The predicted octanol–water partition coefficient (Wildman–Crippen LogP) is 3.63. The van der Waals surface area contributed by atoms with Crippen molar-refractivity contribution >= 4 is 56.5 Å². The van der Waals surface area contributed by atoms with Gasteiger partial charge in [-0.05, 0) is 22.9 Å². The van der Waals surface area contributed by atoms with Crippen molar-refractivity contribution in [2.75, 3.05) is 0 Å². The van der Waals surface area contributed by atoms with Crippen LogP contribution < -0.4 is 0 Å². The molecule has 2 heterocycles. The maximum Gasteiger partial charge on any atom is 0.132 e. The van der Waals surface area contributed by atoms with E-state index in [0.717, 1.165) is 4.64 Å². The van der Waals surface area contributed by atoms with Gasteiger partial charge in [-0.25, -0.2) is 0 Å². The second-order valence-corrected chi connectivity index (χ2v) is 4.48. The van der Waals surface area contributed by atoms with Crippen molar-refractivity contribution in [3.05, 3.63) is 28.4 Å². The molecule has 0 saturated heterocycles. The molecule has 0 aromatic carbocycles. The maximum absolute atomic E-state index is 5.21. The molecule has 0 unspecified atom stereocenters. The fourth-order valence-corrected chi connectivity index (χ4v) is 2.65. The first-order chi connectivity index (χ1) is 5.29. The number of aromatic nitrogens is 1. The van der Waals surface area contributed by atoms with Gasteiger partial charge in [-0.3, -0.25) is 2.78 Å². The highest BCUT2D eigenvalue weighted by Gasteiger charge is 1.96. The Bertz CT molecular complexity index is 443. The van der Waals surface area contributed by atoms with Gasteiger partial charge in [0.2, 0.25) is 0 Å². The summed E-state index contributed by atoms with van der Waals surface area (Å²) in [5.41, 5.74) is 0. The minimum absolute atomic E-state index is 0.915. The molecule has 0 aliphatic rings. The van der Waals surface area contributed by atoms with Gasteiger partial charge in [0, 0.05) is 6.20 Å². The second-order valence-electron chi connectivity index (χ2n) is 2.14. The Morgan fingerprint density at radius 2 is 2.27 bits per heavy atom. The highest BCUT2D eigenvalue weighted by molar-refractivity contribution is 14.1. The SMILES string of the molecule is S=c1c2sccc2ccn1I. The molecular weight excluding hydrogens is 289 g/mol. The van der Waals surface area contributed by atoms with E-state index in [1.807, 2.05) is 8.98 Å². The van der Waals surface area contributed by atoms with Crippen molar-refractivity contribution in [2.24, 2.45) is 0 Å². The number of fused-ring (bicyclic) bond motifs is 1. The maximum atomic E-state index is 5.21. The van der Waals surface area contributed by atoms with Crippen LogP contribution >= 0.6 is 46.4 Å². The number of thiophene rings is 1. The van der Waals surface area contributed by atoms with E-state index < -0.39 is 0 Å². The highest BCUT2D eigenvalue weighted by atomic mass is 127. The largest absolute Gasteiger partial charge is 0.279 e. The van der Waals surface area contributed by atoms with E-state index in [1.165, 1.54) is 10.1 Å². The lowest BCUT2D eigenvalue weighted by molar-refractivity contribution is 1.30. The normalized spacial score (nSPS) is 10.6. The topological polar surface area (TPSA) is 4.93 Å². The molecule has 0 radical (unpaired) electrons. The van der Waals surface area contributed by atoms with E-state index in [9.17, 15) is 0 Å². The molecule has 0 bridgehead atoms. The van der Waals surface area contributed by atoms with Crippen LogP contribution in [-0.2, 0) is 0 Å². The van der Waals surface area contributed by atoms with Crippen LogP contribution in [0, 0.1) is 4.64 Å². The Kier molecular flexibility index (Phi) is 1.98. The molecule has 0 N–H and O–H groups in total. The minimum Gasteiger partial charge on any atom is -0.279 e. The Morgan fingerprint density at radius 1 is 1.45 bits per heavy atom. The van der Waals surface area contributed by atoms with Crippen molar-refractivity contribution in [2.45, 2.75) is 0 Å². The molecule has 0 saturated carbocycles. The summed E-state index contributed by atoms with van der Waals surface area (Å²) in [6, 6.07) is 4.17. The summed E-state index contributed by atoms with van der Waals surface area (Å²) in [4.78, 5) is 0. The predicted molar refractivity (Wildman–Crippen MR) is 60.1 cm³/mol. The first-order valence-corrected chi connectivity index (χ1v) is 5.29. The molecule has 0 aliphatic carbocycles. The quantitative estimate of drug-likeness (QED) is 0.530. The first kappa shape index (κ1) is 7.70. The number of halogens is 1. The number of hydrogen-bond acceptors (Lipinski definition) is 2. The standard InChI is InChI=1S/C7H4INS2/c8-9-3-1-5-2-4-11-6(5)7(9)10/h1-4H. The summed E-state index contributed by atoms with van der Waals surface area (Å²) in [7, 11) is 0. The lowest BCUT2D eigenvalue weighted by atomic mass is 10.3. The van der Waals surface area contributed by atoms with Crippen LogP contribution in [0.25, 0.3) is 10.1 Å². The summed E-state index contributed by atoms with van der Waals surface area (Å²) in [5, 5.41) is 3.31. The summed E-state index contributed by atoms with van der Waals surface area (Å²) in [6.07, 6.45) is 1.98. The Morgan fingerprint density at radius 3 is 3.09 bits per heavy atom. The van der Waals surface area contributed by atoms with Crippen molar-refractivity contribution in [1.29, 1.82) is 0 Å². The van der Waals surface area contributed by atoms with E-state index in [2.05, 4.69) is 40.4 Å². The smallest absolute Gasteiger partial charge is 0.132 e. The van der Waals surface area contributed by atoms with Gasteiger partial charge in [0.25, 0.3) is 0 Å². The van der Waals surface area contributed by atoms with Crippen LogP contribution in [0.4, 0.5) is 0 Å². The Balaban J connectivity index is 3.05. The zero-order chi connectivity index (χ0) is 7.84. The van der Waals surface area contributed by atoms with Crippen LogP contribution in [0.2, 0.25) is 0 Å². The van der Waals surface area contributed by atoms with Gasteiger partial charge in [-0.1, -0.05) is 12.2 Å². The van der Waals surface area contributed by atoms with Crippen LogP contribution in [-0.4, -0.2) is 2.78 Å². The van der Waals surface area contributed by atoms with E-state index in [1.54, 1.807) is 11.3 Å². The molecule has 0 amide bonds. The van der Waals surface area contributed by atoms with Crippen LogP contribution in [0.3, 0.4) is 0 Å². The molecule has 0 atom stereocenters. The van der Waals surface area contributed by atoms with E-state index >= 15 is 0 Å². The third-order valence-electron chi connectivity index (χ3n) is 1.47. The molecule has 4 heteroatoms. The lowest BCUT2D eigenvalue weighted by Gasteiger charge is -1.94. The van der Waals surface area contributed by atoms with Gasteiger partial charge in [-0.2, -0.15) is 0 Å². The average molecular weight is 293 g/mol. The molecule has 0 spiro atoms. The number of hydrogen-bond donors (Lipinski definition) is 0. The van der Waals surface area contributed by atoms with Gasteiger partial charge < -0.3 is 0 Å². The van der Waals surface area contributed by atoms with E-state index in [0.29, 0.717) is 0 Å². The van der Waals surface area contributed by atoms with E-state index in [4.69, 9.17) is 12.2 Å². The zero-order valence-corrected chi connectivity index (χ0v) is 9.24. The molecule has 0 fully saturated rings. The van der Waals surface area contributed by atoms with Gasteiger partial charge in [0.05, 0.1) is 27.6 Å². The molecule has 11 heavy (non-hydrogen) atoms. The minimum atomic E-state index is 0.915. The van der Waals surface area contributed by atoms with Gasteiger partial charge in [0.15, 0.2) is 0 Å². The van der Waals surface area contributed by atoms with Crippen molar-refractivity contribution in [1.82, 2.24) is 2.78 Å². The van der Waals surface area contributed by atoms with Crippen molar-refractivity contribution < 1.29 is 0 Å². The fraction of sp³-hybridized carbons (Fsp3) is 0. The third-order valence-corrected chi connectivity index (χ3v) is 4.07. The fourth-order valence-electron chi connectivity index (χ4n) is 0.935. The summed E-state index contributed by atoms with van der Waals surface area (Å²) < 4.78 is 4.06. The lowest BCUT2D eigenvalue weighted by Crippen LogP contribution is -1.80. The number of pyridine rings is 1. The summed E-state index contributed by atoms with van der Waals surface area (Å²) in [5.74, 6) is 0. The van der Waals surface area contributed by atoms with Gasteiger partial charge in [-0.15, -0.1) is 11.3 Å². The first-order valence-electron chi connectivity index (χ1n) is 3.04. The molecule has 56 valence electrons. The average Bonchev–Trinajstić information content (AvgIpc) is 2.45. The summed E-state index contributed by atoms with van der Waals surface area (Å²) in [6.45, 7) is 0. The van der Waals surface area contributed by atoms with Crippen LogP contribution in [0.1, 0.15) is 0 Å². The van der Waals surface area contributed by atoms with Crippen molar-refractivity contribution in [3.63, 3.8) is 0 Å².